The molecule has 0 bridgehead atoms. The molecule has 1 amide bonds. The van der Waals surface area contributed by atoms with E-state index in [-0.39, 0.29) is 6.61 Å². The van der Waals surface area contributed by atoms with Gasteiger partial charge in [-0.25, -0.2) is 4.79 Å². The topological polar surface area (TPSA) is 50.7 Å². The number of rotatable bonds is 6. The van der Waals surface area contributed by atoms with E-state index in [4.69, 9.17) is 4.74 Å². The van der Waals surface area contributed by atoms with E-state index in [1.54, 1.807) is 0 Å². The molecule has 2 aromatic rings. The van der Waals surface area contributed by atoms with Crippen LogP contribution in [0, 0.1) is 6.92 Å². The van der Waals surface area contributed by atoms with E-state index >= 15 is 0 Å². The van der Waals surface area contributed by atoms with Crippen LogP contribution in [0.5, 0.6) is 0 Å². The fourth-order valence-corrected chi connectivity index (χ4v) is 1.89. The number of hydrogen-bond acceptors (Lipinski definition) is 3. The zero-order valence-electron chi connectivity index (χ0n) is 12.7. The van der Waals surface area contributed by atoms with Crippen LogP contribution < -0.4 is 5.32 Å². The molecule has 0 atom stereocenters. The Morgan fingerprint density at radius 1 is 1.14 bits per heavy atom. The van der Waals surface area contributed by atoms with Gasteiger partial charge in [0.15, 0.2) is 0 Å². The van der Waals surface area contributed by atoms with Crippen LogP contribution in [-0.2, 0) is 11.3 Å². The molecule has 1 N–H and O–H groups in total. The first-order chi connectivity index (χ1) is 10.8. The summed E-state index contributed by atoms with van der Waals surface area (Å²) in [7, 11) is 0. The van der Waals surface area contributed by atoms with Crippen molar-refractivity contribution in [1.82, 2.24) is 5.32 Å². The molecule has 0 unspecified atom stereocenters. The molecular formula is C18H20N2O2. The highest BCUT2D eigenvalue weighted by Gasteiger charge is 2.00. The van der Waals surface area contributed by atoms with Gasteiger partial charge in [0, 0.05) is 12.8 Å². The predicted octanol–water partition coefficient (Wildman–Crippen LogP) is 3.34. The number of ether oxygens (including phenoxy) is 1. The lowest BCUT2D eigenvalue weighted by Gasteiger charge is -2.05. The second-order valence-corrected chi connectivity index (χ2v) is 4.88. The zero-order chi connectivity index (χ0) is 15.6. The third kappa shape index (κ3) is 5.40. The SMILES string of the molecule is Cc1ccccc1C=NCCNC(=O)OCc1ccccc1. The van der Waals surface area contributed by atoms with Crippen LogP contribution in [0.1, 0.15) is 16.7 Å². The highest BCUT2D eigenvalue weighted by molar-refractivity contribution is 5.81. The van der Waals surface area contributed by atoms with E-state index in [1.165, 1.54) is 5.56 Å². The monoisotopic (exact) mass is 296 g/mol. The summed E-state index contributed by atoms with van der Waals surface area (Å²) in [5, 5.41) is 2.68. The Labute approximate surface area is 130 Å². The molecule has 0 saturated heterocycles. The van der Waals surface area contributed by atoms with E-state index in [0.717, 1.165) is 11.1 Å². The third-order valence-electron chi connectivity index (χ3n) is 3.14. The molecule has 2 rings (SSSR count). The van der Waals surface area contributed by atoms with Gasteiger partial charge in [-0.3, -0.25) is 4.99 Å². The molecule has 114 valence electrons. The van der Waals surface area contributed by atoms with Crippen LogP contribution in [0.2, 0.25) is 0 Å². The molecule has 0 aliphatic carbocycles. The van der Waals surface area contributed by atoms with E-state index in [1.807, 2.05) is 67.7 Å². The van der Waals surface area contributed by atoms with Crippen molar-refractivity contribution in [2.75, 3.05) is 13.1 Å². The summed E-state index contributed by atoms with van der Waals surface area (Å²) in [6.07, 6.45) is 1.40. The normalized spacial score (nSPS) is 10.6. The van der Waals surface area contributed by atoms with Crippen molar-refractivity contribution >= 4 is 12.3 Å². The quantitative estimate of drug-likeness (QED) is 0.656. The maximum atomic E-state index is 11.5. The highest BCUT2D eigenvalue weighted by Crippen LogP contribution is 2.03. The first kappa shape index (κ1) is 15.8. The maximum absolute atomic E-state index is 11.5. The van der Waals surface area contributed by atoms with Gasteiger partial charge < -0.3 is 10.1 Å². The summed E-state index contributed by atoms with van der Waals surface area (Å²) >= 11 is 0. The average molecular weight is 296 g/mol. The Bertz CT molecular complexity index is 624. The van der Waals surface area contributed by atoms with Crippen molar-refractivity contribution < 1.29 is 9.53 Å². The molecule has 0 saturated carbocycles. The molecule has 0 heterocycles. The molecule has 4 nitrogen and oxygen atoms in total. The number of nitrogens with one attached hydrogen (secondary N) is 1. The van der Waals surface area contributed by atoms with Crippen LogP contribution in [0.4, 0.5) is 4.79 Å². The van der Waals surface area contributed by atoms with Crippen molar-refractivity contribution in [3.05, 3.63) is 71.3 Å². The Balaban J connectivity index is 1.64. The first-order valence-corrected chi connectivity index (χ1v) is 7.26. The van der Waals surface area contributed by atoms with Gasteiger partial charge >= 0.3 is 6.09 Å². The number of alkyl carbamates (subject to hydrolysis) is 1. The lowest BCUT2D eigenvalue weighted by molar-refractivity contribution is 0.140. The van der Waals surface area contributed by atoms with E-state index < -0.39 is 6.09 Å². The van der Waals surface area contributed by atoms with Gasteiger partial charge in [-0.1, -0.05) is 54.6 Å². The minimum atomic E-state index is -0.421. The molecule has 2 aromatic carbocycles. The smallest absolute Gasteiger partial charge is 0.407 e. The molecule has 0 fully saturated rings. The van der Waals surface area contributed by atoms with Gasteiger partial charge in [0.25, 0.3) is 0 Å². The fourth-order valence-electron chi connectivity index (χ4n) is 1.89. The van der Waals surface area contributed by atoms with Crippen LogP contribution >= 0.6 is 0 Å². The minimum Gasteiger partial charge on any atom is -0.445 e. The lowest BCUT2D eigenvalue weighted by Crippen LogP contribution is -2.26. The standard InChI is InChI=1S/C18H20N2O2/c1-15-7-5-6-10-17(15)13-19-11-12-20-18(21)22-14-16-8-3-2-4-9-16/h2-10,13H,11-12,14H2,1H3,(H,20,21). The van der Waals surface area contributed by atoms with Crippen molar-refractivity contribution in [3.63, 3.8) is 0 Å². The van der Waals surface area contributed by atoms with Crippen LogP contribution in [0.3, 0.4) is 0 Å². The van der Waals surface area contributed by atoms with Crippen LogP contribution in [0.25, 0.3) is 0 Å². The summed E-state index contributed by atoms with van der Waals surface area (Å²) in [5.41, 5.74) is 3.24. The number of hydrogen-bond donors (Lipinski definition) is 1. The summed E-state index contributed by atoms with van der Waals surface area (Å²) < 4.78 is 5.11. The molecule has 4 heteroatoms. The van der Waals surface area contributed by atoms with Crippen molar-refractivity contribution in [3.8, 4) is 0 Å². The highest BCUT2D eigenvalue weighted by atomic mass is 16.5. The molecule has 0 radical (unpaired) electrons. The average Bonchev–Trinajstić information content (AvgIpc) is 2.55. The molecule has 0 spiro atoms. The molecule has 22 heavy (non-hydrogen) atoms. The van der Waals surface area contributed by atoms with E-state index in [2.05, 4.69) is 10.3 Å². The Hall–Kier alpha value is -2.62. The largest absolute Gasteiger partial charge is 0.445 e. The minimum absolute atomic E-state index is 0.277. The Morgan fingerprint density at radius 2 is 1.86 bits per heavy atom. The Morgan fingerprint density at radius 3 is 2.64 bits per heavy atom. The number of benzene rings is 2. The number of nitrogens with zero attached hydrogens (tertiary/aromatic N) is 1. The predicted molar refractivity (Wildman–Crippen MR) is 88.3 cm³/mol. The first-order valence-electron chi connectivity index (χ1n) is 7.26. The van der Waals surface area contributed by atoms with Crippen LogP contribution in [0.15, 0.2) is 59.6 Å². The van der Waals surface area contributed by atoms with Crippen molar-refractivity contribution in [1.29, 1.82) is 0 Å². The third-order valence-corrected chi connectivity index (χ3v) is 3.14. The molecular weight excluding hydrogens is 276 g/mol. The Kier molecular flexibility index (Phi) is 6.18. The van der Waals surface area contributed by atoms with E-state index in [9.17, 15) is 4.79 Å². The second kappa shape index (κ2) is 8.62. The molecule has 0 aliphatic heterocycles. The van der Waals surface area contributed by atoms with Gasteiger partial charge in [-0.15, -0.1) is 0 Å². The zero-order valence-corrected chi connectivity index (χ0v) is 12.7. The van der Waals surface area contributed by atoms with Crippen molar-refractivity contribution in [2.24, 2.45) is 4.99 Å². The van der Waals surface area contributed by atoms with Crippen LogP contribution in [-0.4, -0.2) is 25.4 Å². The van der Waals surface area contributed by atoms with Gasteiger partial charge in [0.05, 0.1) is 6.54 Å². The number of carbonyl (C=O) groups is 1. The summed E-state index contributed by atoms with van der Waals surface area (Å²) in [4.78, 5) is 15.8. The number of aryl methyl sites for hydroxylation is 1. The van der Waals surface area contributed by atoms with Gasteiger partial charge in [0.1, 0.15) is 6.61 Å². The summed E-state index contributed by atoms with van der Waals surface area (Å²) in [6.45, 7) is 3.30. The summed E-state index contributed by atoms with van der Waals surface area (Å²) in [5.74, 6) is 0. The summed E-state index contributed by atoms with van der Waals surface area (Å²) in [6, 6.07) is 17.6. The number of amides is 1. The molecule has 0 aliphatic rings. The maximum Gasteiger partial charge on any atom is 0.407 e. The molecule has 0 aromatic heterocycles. The number of carbonyl (C=O) groups excluding carboxylic acids is 1. The van der Waals surface area contributed by atoms with Gasteiger partial charge in [0.2, 0.25) is 0 Å². The lowest BCUT2D eigenvalue weighted by atomic mass is 10.1. The fraction of sp³-hybridized carbons (Fsp3) is 0.222. The van der Waals surface area contributed by atoms with E-state index in [0.29, 0.717) is 13.1 Å². The van der Waals surface area contributed by atoms with Gasteiger partial charge in [-0.2, -0.15) is 0 Å². The second-order valence-electron chi connectivity index (χ2n) is 4.88. The van der Waals surface area contributed by atoms with Gasteiger partial charge in [-0.05, 0) is 23.6 Å². The number of aliphatic imine (C=N–C) groups is 1. The van der Waals surface area contributed by atoms with Crippen molar-refractivity contribution in [2.45, 2.75) is 13.5 Å².